The normalized spacial score (nSPS) is 19.1. The van der Waals surface area contributed by atoms with Gasteiger partial charge in [0.2, 0.25) is 10.0 Å². The summed E-state index contributed by atoms with van der Waals surface area (Å²) in [5.74, 6) is 0. The molecule has 0 saturated carbocycles. The Bertz CT molecular complexity index is 953. The van der Waals surface area contributed by atoms with Gasteiger partial charge in [-0.05, 0) is 37.5 Å². The summed E-state index contributed by atoms with van der Waals surface area (Å²) < 4.78 is 27.1. The number of benzene rings is 2. The molecule has 2 heterocycles. The summed E-state index contributed by atoms with van der Waals surface area (Å²) in [4.78, 5) is 17.0. The molecular formula is C22H27N3O3S. The molecule has 29 heavy (non-hydrogen) atoms. The molecule has 2 aliphatic heterocycles. The van der Waals surface area contributed by atoms with Crippen molar-refractivity contribution in [2.24, 2.45) is 0 Å². The number of carbonyl (C=O) groups is 1. The van der Waals surface area contributed by atoms with Crippen LogP contribution in [0, 0.1) is 6.92 Å². The van der Waals surface area contributed by atoms with E-state index in [2.05, 4.69) is 31.2 Å². The van der Waals surface area contributed by atoms with Gasteiger partial charge in [-0.15, -0.1) is 0 Å². The van der Waals surface area contributed by atoms with E-state index < -0.39 is 10.0 Å². The first-order chi connectivity index (χ1) is 13.9. The first kappa shape index (κ1) is 19.9. The average molecular weight is 414 g/mol. The van der Waals surface area contributed by atoms with E-state index in [9.17, 15) is 13.2 Å². The summed E-state index contributed by atoms with van der Waals surface area (Å²) in [6.45, 7) is 5.00. The molecule has 2 aromatic carbocycles. The molecule has 4 rings (SSSR count). The Morgan fingerprint density at radius 3 is 2.21 bits per heavy atom. The molecule has 2 aromatic rings. The highest BCUT2D eigenvalue weighted by atomic mass is 32.2. The van der Waals surface area contributed by atoms with Crippen molar-refractivity contribution in [3.05, 3.63) is 65.7 Å². The van der Waals surface area contributed by atoms with E-state index >= 15 is 0 Å². The van der Waals surface area contributed by atoms with Crippen LogP contribution in [0.25, 0.3) is 0 Å². The van der Waals surface area contributed by atoms with Gasteiger partial charge in [0.15, 0.2) is 0 Å². The zero-order chi connectivity index (χ0) is 20.4. The molecule has 6 nitrogen and oxygen atoms in total. The predicted molar refractivity (Wildman–Crippen MR) is 112 cm³/mol. The van der Waals surface area contributed by atoms with E-state index in [1.165, 1.54) is 5.56 Å². The highest BCUT2D eigenvalue weighted by Crippen LogP contribution is 2.26. The SMILES string of the molecule is Cc1ccc(CN2CCN(C3CCN(S(=O)(=O)c4ccccc4)CC3)C2=O)cc1. The molecule has 2 fully saturated rings. The molecule has 0 aliphatic carbocycles. The second-order valence-electron chi connectivity index (χ2n) is 7.83. The molecule has 7 heteroatoms. The maximum absolute atomic E-state index is 12.9. The minimum absolute atomic E-state index is 0.0648. The predicted octanol–water partition coefficient (Wildman–Crippen LogP) is 3.09. The van der Waals surface area contributed by atoms with Crippen LogP contribution in [0.1, 0.15) is 24.0 Å². The zero-order valence-corrected chi connectivity index (χ0v) is 17.5. The maximum atomic E-state index is 12.9. The first-order valence-corrected chi connectivity index (χ1v) is 11.6. The fourth-order valence-electron chi connectivity index (χ4n) is 4.14. The van der Waals surface area contributed by atoms with Crippen molar-refractivity contribution in [2.45, 2.75) is 37.2 Å². The number of piperidine rings is 1. The lowest BCUT2D eigenvalue weighted by Gasteiger charge is -2.35. The van der Waals surface area contributed by atoms with Gasteiger partial charge in [0.25, 0.3) is 0 Å². The monoisotopic (exact) mass is 413 g/mol. The third-order valence-electron chi connectivity index (χ3n) is 5.87. The number of nitrogens with zero attached hydrogens (tertiary/aromatic N) is 3. The van der Waals surface area contributed by atoms with Gasteiger partial charge in [-0.3, -0.25) is 0 Å². The van der Waals surface area contributed by atoms with Gasteiger partial charge in [0.05, 0.1) is 4.90 Å². The number of rotatable bonds is 5. The third-order valence-corrected chi connectivity index (χ3v) is 7.78. The van der Waals surface area contributed by atoms with Crippen LogP contribution in [0.4, 0.5) is 4.79 Å². The number of hydrogen-bond donors (Lipinski definition) is 0. The Morgan fingerprint density at radius 2 is 1.55 bits per heavy atom. The molecule has 0 unspecified atom stereocenters. The lowest BCUT2D eigenvalue weighted by atomic mass is 10.1. The smallest absolute Gasteiger partial charge is 0.320 e. The Kier molecular flexibility index (Phi) is 5.61. The number of aryl methyl sites for hydroxylation is 1. The van der Waals surface area contributed by atoms with Crippen LogP contribution in [-0.2, 0) is 16.6 Å². The number of urea groups is 1. The molecule has 0 N–H and O–H groups in total. The highest BCUT2D eigenvalue weighted by Gasteiger charge is 2.37. The number of hydrogen-bond acceptors (Lipinski definition) is 3. The lowest BCUT2D eigenvalue weighted by Crippen LogP contribution is -2.47. The molecule has 154 valence electrons. The molecule has 2 saturated heterocycles. The summed E-state index contributed by atoms with van der Waals surface area (Å²) in [5.41, 5.74) is 2.34. The molecule has 0 radical (unpaired) electrons. The van der Waals surface area contributed by atoms with E-state index in [4.69, 9.17) is 0 Å². The first-order valence-electron chi connectivity index (χ1n) is 10.1. The molecule has 2 aliphatic rings. The number of amides is 2. The molecule has 0 spiro atoms. The van der Waals surface area contributed by atoms with Crippen molar-refractivity contribution < 1.29 is 13.2 Å². The molecule has 0 aromatic heterocycles. The second-order valence-corrected chi connectivity index (χ2v) is 9.77. The highest BCUT2D eigenvalue weighted by molar-refractivity contribution is 7.89. The van der Waals surface area contributed by atoms with Gasteiger partial charge in [-0.25, -0.2) is 13.2 Å². The summed E-state index contributed by atoms with van der Waals surface area (Å²) in [7, 11) is -3.46. The Hall–Kier alpha value is -2.38. The van der Waals surface area contributed by atoms with Crippen LogP contribution in [-0.4, -0.2) is 60.8 Å². The fraction of sp³-hybridized carbons (Fsp3) is 0.409. The van der Waals surface area contributed by atoms with Gasteiger partial charge in [-0.1, -0.05) is 48.0 Å². The Labute approximate surface area is 172 Å². The van der Waals surface area contributed by atoms with E-state index in [1.54, 1.807) is 28.6 Å². The molecule has 2 amide bonds. The van der Waals surface area contributed by atoms with Crippen LogP contribution in [0.15, 0.2) is 59.5 Å². The van der Waals surface area contributed by atoms with Crippen molar-refractivity contribution in [1.29, 1.82) is 0 Å². The van der Waals surface area contributed by atoms with Crippen LogP contribution in [0.5, 0.6) is 0 Å². The fourth-order valence-corrected chi connectivity index (χ4v) is 5.63. The van der Waals surface area contributed by atoms with Crippen molar-refractivity contribution >= 4 is 16.1 Å². The molecular weight excluding hydrogens is 386 g/mol. The van der Waals surface area contributed by atoms with Crippen molar-refractivity contribution in [1.82, 2.24) is 14.1 Å². The average Bonchev–Trinajstić information content (AvgIpc) is 3.10. The van der Waals surface area contributed by atoms with Gasteiger partial charge < -0.3 is 9.80 Å². The Morgan fingerprint density at radius 1 is 0.897 bits per heavy atom. The van der Waals surface area contributed by atoms with Gasteiger partial charge in [0, 0.05) is 38.8 Å². The van der Waals surface area contributed by atoms with E-state index in [1.807, 2.05) is 15.9 Å². The maximum Gasteiger partial charge on any atom is 0.320 e. The second kappa shape index (κ2) is 8.16. The molecule has 0 bridgehead atoms. The molecule has 0 atom stereocenters. The van der Waals surface area contributed by atoms with Gasteiger partial charge in [0.1, 0.15) is 0 Å². The van der Waals surface area contributed by atoms with E-state index in [0.717, 1.165) is 12.1 Å². The van der Waals surface area contributed by atoms with Crippen LogP contribution >= 0.6 is 0 Å². The standard InChI is InChI=1S/C22H27N3O3S/c1-18-7-9-19(10-8-18)17-23-15-16-25(22(23)26)20-11-13-24(14-12-20)29(27,28)21-5-3-2-4-6-21/h2-10,20H,11-17H2,1H3. The van der Waals surface area contributed by atoms with Gasteiger partial charge in [-0.2, -0.15) is 4.31 Å². The van der Waals surface area contributed by atoms with Crippen molar-refractivity contribution in [2.75, 3.05) is 26.2 Å². The lowest BCUT2D eigenvalue weighted by molar-refractivity contribution is 0.153. The number of sulfonamides is 1. The van der Waals surface area contributed by atoms with E-state index in [-0.39, 0.29) is 12.1 Å². The minimum atomic E-state index is -3.46. The third kappa shape index (κ3) is 4.16. The largest absolute Gasteiger partial charge is 0.320 e. The van der Waals surface area contributed by atoms with Crippen molar-refractivity contribution in [3.63, 3.8) is 0 Å². The van der Waals surface area contributed by atoms with Gasteiger partial charge >= 0.3 is 6.03 Å². The summed E-state index contributed by atoms with van der Waals surface area (Å²) in [6.07, 6.45) is 1.35. The Balaban J connectivity index is 1.35. The minimum Gasteiger partial charge on any atom is -0.320 e. The topological polar surface area (TPSA) is 60.9 Å². The zero-order valence-electron chi connectivity index (χ0n) is 16.7. The van der Waals surface area contributed by atoms with Crippen LogP contribution < -0.4 is 0 Å². The summed E-state index contributed by atoms with van der Waals surface area (Å²) in [5, 5.41) is 0. The quantitative estimate of drug-likeness (QED) is 0.757. The van der Waals surface area contributed by atoms with E-state index in [0.29, 0.717) is 43.9 Å². The van der Waals surface area contributed by atoms with Crippen molar-refractivity contribution in [3.8, 4) is 0 Å². The number of carbonyl (C=O) groups excluding carboxylic acids is 1. The summed E-state index contributed by atoms with van der Waals surface area (Å²) in [6, 6.07) is 17.0. The van der Waals surface area contributed by atoms with Crippen LogP contribution in [0.2, 0.25) is 0 Å². The van der Waals surface area contributed by atoms with Crippen LogP contribution in [0.3, 0.4) is 0 Å². The summed E-state index contributed by atoms with van der Waals surface area (Å²) >= 11 is 0.